The minimum Gasteiger partial charge on any atom is -0.0625 e. The molecule has 0 atom stereocenters. The summed E-state index contributed by atoms with van der Waals surface area (Å²) in [5.41, 5.74) is 1.58. The maximum atomic E-state index is 2.43. The highest BCUT2D eigenvalue weighted by molar-refractivity contribution is 5.19. The van der Waals surface area contributed by atoms with Crippen LogP contribution >= 0.6 is 0 Å². The Balaban J connectivity index is 1.52. The molecule has 0 heteroatoms. The first-order valence-electron chi connectivity index (χ1n) is 8.38. The van der Waals surface area contributed by atoms with Gasteiger partial charge in [0.05, 0.1) is 0 Å². The summed E-state index contributed by atoms with van der Waals surface area (Å²) in [6.07, 6.45) is 11.8. The molecule has 0 nitrogen and oxygen atoms in total. The third kappa shape index (κ3) is 3.22. The lowest BCUT2D eigenvalue weighted by molar-refractivity contribution is 0.165. The molecule has 0 radical (unpaired) electrons. The highest BCUT2D eigenvalue weighted by Gasteiger charge is 2.30. The summed E-state index contributed by atoms with van der Waals surface area (Å²) >= 11 is 0. The van der Waals surface area contributed by atoms with Gasteiger partial charge in [0.1, 0.15) is 0 Å². The molecule has 0 amide bonds. The van der Waals surface area contributed by atoms with Crippen LogP contribution in [0, 0.1) is 17.8 Å². The maximum Gasteiger partial charge on any atom is -0.0162 e. The van der Waals surface area contributed by atoms with Gasteiger partial charge >= 0.3 is 0 Å². The van der Waals surface area contributed by atoms with Gasteiger partial charge in [-0.1, -0.05) is 50.1 Å². The highest BCUT2D eigenvalue weighted by atomic mass is 14.4. The van der Waals surface area contributed by atoms with E-state index in [0.717, 1.165) is 23.7 Å². The zero-order chi connectivity index (χ0) is 13.1. The number of rotatable bonds is 2. The van der Waals surface area contributed by atoms with Crippen molar-refractivity contribution in [2.75, 3.05) is 0 Å². The van der Waals surface area contributed by atoms with Gasteiger partial charge in [0.15, 0.2) is 0 Å². The van der Waals surface area contributed by atoms with Gasteiger partial charge in [0, 0.05) is 0 Å². The van der Waals surface area contributed by atoms with Crippen molar-refractivity contribution >= 4 is 0 Å². The third-order valence-corrected chi connectivity index (χ3v) is 5.77. The molecular weight excluding hydrogens is 228 g/mol. The summed E-state index contributed by atoms with van der Waals surface area (Å²) in [6, 6.07) is 11.2. The number of hydrogen-bond donors (Lipinski definition) is 0. The molecule has 1 aromatic carbocycles. The van der Waals surface area contributed by atoms with E-state index in [9.17, 15) is 0 Å². The molecule has 0 unspecified atom stereocenters. The molecule has 3 rings (SSSR count). The van der Waals surface area contributed by atoms with Crippen LogP contribution in [0.3, 0.4) is 0 Å². The smallest absolute Gasteiger partial charge is 0.0162 e. The van der Waals surface area contributed by atoms with Crippen molar-refractivity contribution < 1.29 is 0 Å². The monoisotopic (exact) mass is 256 g/mol. The van der Waals surface area contributed by atoms with Gasteiger partial charge in [-0.3, -0.25) is 0 Å². The molecule has 2 aliphatic carbocycles. The molecule has 0 heterocycles. The van der Waals surface area contributed by atoms with Gasteiger partial charge in [0.2, 0.25) is 0 Å². The lowest BCUT2D eigenvalue weighted by Crippen LogP contribution is -2.24. The Labute approximate surface area is 118 Å². The predicted octanol–water partition coefficient (Wildman–Crippen LogP) is 5.79. The van der Waals surface area contributed by atoms with Crippen LogP contribution in [-0.4, -0.2) is 0 Å². The minimum absolute atomic E-state index is 0.847. The molecule has 2 saturated carbocycles. The predicted molar refractivity (Wildman–Crippen MR) is 82.3 cm³/mol. The first kappa shape index (κ1) is 13.2. The summed E-state index contributed by atoms with van der Waals surface area (Å²) in [5, 5.41) is 0. The number of hydrogen-bond acceptors (Lipinski definition) is 0. The maximum absolute atomic E-state index is 2.43. The van der Waals surface area contributed by atoms with Gasteiger partial charge in [-0.15, -0.1) is 0 Å². The van der Waals surface area contributed by atoms with Crippen molar-refractivity contribution in [1.82, 2.24) is 0 Å². The molecular formula is C19H28. The Bertz CT molecular complexity index is 364. The molecule has 0 aromatic heterocycles. The summed E-state index contributed by atoms with van der Waals surface area (Å²) in [4.78, 5) is 0. The second kappa shape index (κ2) is 6.11. The molecule has 104 valence electrons. The second-order valence-electron chi connectivity index (χ2n) is 7.04. The quantitative estimate of drug-likeness (QED) is 0.628. The van der Waals surface area contributed by atoms with Gasteiger partial charge < -0.3 is 0 Å². The van der Waals surface area contributed by atoms with Crippen molar-refractivity contribution in [3.63, 3.8) is 0 Å². The fourth-order valence-corrected chi connectivity index (χ4v) is 4.41. The Hall–Kier alpha value is -0.780. The van der Waals surface area contributed by atoms with Gasteiger partial charge in [-0.2, -0.15) is 0 Å². The standard InChI is InChI=1S/C19H28/c1-15-7-9-17(10-8-15)19-13-11-18(12-14-19)16-5-3-2-4-6-16/h2-6,15,17-19H,7-14H2,1H3/t15-,17-,18?,19?. The summed E-state index contributed by atoms with van der Waals surface area (Å²) in [5.74, 6) is 3.96. The van der Waals surface area contributed by atoms with Crippen molar-refractivity contribution in [2.45, 2.75) is 64.2 Å². The molecule has 0 saturated heterocycles. The van der Waals surface area contributed by atoms with Crippen LogP contribution in [0.5, 0.6) is 0 Å². The Morgan fingerprint density at radius 2 is 1.21 bits per heavy atom. The second-order valence-corrected chi connectivity index (χ2v) is 7.04. The molecule has 0 aliphatic heterocycles. The van der Waals surface area contributed by atoms with Crippen LogP contribution in [0.25, 0.3) is 0 Å². The average Bonchev–Trinajstić information content (AvgIpc) is 2.49. The van der Waals surface area contributed by atoms with Gasteiger partial charge in [-0.25, -0.2) is 0 Å². The Kier molecular flexibility index (Phi) is 4.25. The van der Waals surface area contributed by atoms with E-state index < -0.39 is 0 Å². The zero-order valence-corrected chi connectivity index (χ0v) is 12.4. The van der Waals surface area contributed by atoms with Crippen molar-refractivity contribution in [2.24, 2.45) is 17.8 Å². The molecule has 0 N–H and O–H groups in total. The van der Waals surface area contributed by atoms with Crippen LogP contribution in [-0.2, 0) is 0 Å². The largest absolute Gasteiger partial charge is 0.0625 e. The summed E-state index contributed by atoms with van der Waals surface area (Å²) < 4.78 is 0. The van der Waals surface area contributed by atoms with E-state index in [1.54, 1.807) is 5.56 Å². The van der Waals surface area contributed by atoms with Crippen LogP contribution in [0.15, 0.2) is 30.3 Å². The first-order chi connectivity index (χ1) is 9.33. The topological polar surface area (TPSA) is 0 Å². The van der Waals surface area contributed by atoms with E-state index in [1.165, 1.54) is 51.4 Å². The minimum atomic E-state index is 0.847. The lowest BCUT2D eigenvalue weighted by Gasteiger charge is -2.37. The summed E-state index contributed by atoms with van der Waals surface area (Å²) in [7, 11) is 0. The van der Waals surface area contributed by atoms with E-state index in [0.29, 0.717) is 0 Å². The van der Waals surface area contributed by atoms with E-state index in [4.69, 9.17) is 0 Å². The molecule has 19 heavy (non-hydrogen) atoms. The van der Waals surface area contributed by atoms with Crippen LogP contribution in [0.1, 0.15) is 69.8 Å². The average molecular weight is 256 g/mol. The van der Waals surface area contributed by atoms with Crippen LogP contribution in [0.2, 0.25) is 0 Å². The van der Waals surface area contributed by atoms with Crippen molar-refractivity contribution in [3.05, 3.63) is 35.9 Å². The van der Waals surface area contributed by atoms with Crippen LogP contribution < -0.4 is 0 Å². The molecule has 2 aliphatic rings. The zero-order valence-electron chi connectivity index (χ0n) is 12.4. The molecule has 1 aromatic rings. The SMILES string of the molecule is C[C@H]1CC[C@H](C2CCC(c3ccccc3)CC2)CC1. The van der Waals surface area contributed by atoms with E-state index in [-0.39, 0.29) is 0 Å². The van der Waals surface area contributed by atoms with Crippen molar-refractivity contribution in [3.8, 4) is 0 Å². The van der Waals surface area contributed by atoms with Crippen molar-refractivity contribution in [1.29, 1.82) is 0 Å². The highest BCUT2D eigenvalue weighted by Crippen LogP contribution is 2.43. The van der Waals surface area contributed by atoms with Crippen LogP contribution in [0.4, 0.5) is 0 Å². The van der Waals surface area contributed by atoms with E-state index >= 15 is 0 Å². The molecule has 0 bridgehead atoms. The lowest BCUT2D eigenvalue weighted by atomic mass is 9.68. The van der Waals surface area contributed by atoms with E-state index in [2.05, 4.69) is 37.3 Å². The Morgan fingerprint density at radius 1 is 0.684 bits per heavy atom. The third-order valence-electron chi connectivity index (χ3n) is 5.77. The fraction of sp³-hybridized carbons (Fsp3) is 0.684. The van der Waals surface area contributed by atoms with Gasteiger partial charge in [0.25, 0.3) is 0 Å². The summed E-state index contributed by atoms with van der Waals surface area (Å²) in [6.45, 7) is 2.43. The number of benzene rings is 1. The Morgan fingerprint density at radius 3 is 1.79 bits per heavy atom. The van der Waals surface area contributed by atoms with Gasteiger partial charge in [-0.05, 0) is 67.8 Å². The fourth-order valence-electron chi connectivity index (χ4n) is 4.41. The normalized spacial score (nSPS) is 36.1. The van der Waals surface area contributed by atoms with E-state index in [1.807, 2.05) is 0 Å². The first-order valence-corrected chi connectivity index (χ1v) is 8.38. The molecule has 0 spiro atoms. The molecule has 2 fully saturated rings.